The fourth-order valence-corrected chi connectivity index (χ4v) is 5.36. The van der Waals surface area contributed by atoms with Crippen molar-refractivity contribution in [3.63, 3.8) is 0 Å². The molecule has 1 saturated carbocycles. The van der Waals surface area contributed by atoms with Crippen molar-refractivity contribution < 1.29 is 19.4 Å². The zero-order valence-corrected chi connectivity index (χ0v) is 20.7. The van der Waals surface area contributed by atoms with Gasteiger partial charge in [-0.2, -0.15) is 0 Å². The predicted octanol–water partition coefficient (Wildman–Crippen LogP) is 3.81. The highest BCUT2D eigenvalue weighted by Gasteiger charge is 2.36. The Morgan fingerprint density at radius 3 is 2.85 bits per heavy atom. The third kappa shape index (κ3) is 6.57. The second-order valence-electron chi connectivity index (χ2n) is 9.48. The fourth-order valence-electron chi connectivity index (χ4n) is 4.43. The van der Waals surface area contributed by atoms with E-state index in [2.05, 4.69) is 16.3 Å². The molecule has 7 heteroatoms. The van der Waals surface area contributed by atoms with Gasteiger partial charge in [-0.15, -0.1) is 11.3 Å². The van der Waals surface area contributed by atoms with Crippen LogP contribution in [0, 0.1) is 6.92 Å². The number of aliphatic hydroxyl groups is 1. The molecule has 1 aromatic heterocycles. The van der Waals surface area contributed by atoms with Gasteiger partial charge in [0.15, 0.2) is 0 Å². The molecule has 0 radical (unpaired) electrons. The number of carbonyl (C=O) groups excluding carboxylic acids is 1. The van der Waals surface area contributed by atoms with Crippen molar-refractivity contribution in [3.05, 3.63) is 51.7 Å². The Morgan fingerprint density at radius 2 is 2.12 bits per heavy atom. The van der Waals surface area contributed by atoms with Crippen molar-refractivity contribution in [2.75, 3.05) is 32.8 Å². The summed E-state index contributed by atoms with van der Waals surface area (Å²) in [6.07, 6.45) is 2.54. The maximum atomic E-state index is 13.5. The van der Waals surface area contributed by atoms with E-state index in [1.54, 1.807) is 11.3 Å². The van der Waals surface area contributed by atoms with E-state index in [9.17, 15) is 9.90 Å². The first-order valence-corrected chi connectivity index (χ1v) is 12.9. The zero-order chi connectivity index (χ0) is 23.4. The summed E-state index contributed by atoms with van der Waals surface area (Å²) in [7, 11) is 0. The number of hydrogen-bond donors (Lipinski definition) is 1. The van der Waals surface area contributed by atoms with Crippen LogP contribution >= 0.6 is 11.3 Å². The SMILES string of the molecule is Cc1cccc(OCC2c3ccsc3CCN2C(=O)CN(CC(O)COC(C)C)C2CC2)c1. The normalized spacial score (nSPS) is 19.1. The molecule has 180 valence electrons. The van der Waals surface area contributed by atoms with E-state index >= 15 is 0 Å². The van der Waals surface area contributed by atoms with Gasteiger partial charge in [0.25, 0.3) is 0 Å². The number of carbonyl (C=O) groups is 1. The van der Waals surface area contributed by atoms with Crippen LogP contribution in [0.4, 0.5) is 0 Å². The molecular formula is C26H36N2O4S. The van der Waals surface area contributed by atoms with E-state index in [-0.39, 0.29) is 18.1 Å². The highest BCUT2D eigenvalue weighted by atomic mass is 32.1. The maximum Gasteiger partial charge on any atom is 0.237 e. The van der Waals surface area contributed by atoms with E-state index in [1.807, 2.05) is 49.9 Å². The monoisotopic (exact) mass is 472 g/mol. The van der Waals surface area contributed by atoms with Crippen LogP contribution in [-0.2, 0) is 16.0 Å². The molecule has 1 N–H and O–H groups in total. The van der Waals surface area contributed by atoms with Crippen molar-refractivity contribution >= 4 is 17.2 Å². The van der Waals surface area contributed by atoms with Gasteiger partial charge in [0.05, 0.1) is 31.4 Å². The summed E-state index contributed by atoms with van der Waals surface area (Å²) in [6.45, 7) is 8.19. The average molecular weight is 473 g/mol. The number of benzene rings is 1. The molecule has 2 aromatic rings. The third-order valence-electron chi connectivity index (χ3n) is 6.28. The van der Waals surface area contributed by atoms with E-state index in [0.717, 1.165) is 30.6 Å². The first-order valence-electron chi connectivity index (χ1n) is 12.0. The van der Waals surface area contributed by atoms with Crippen molar-refractivity contribution in [1.82, 2.24) is 9.80 Å². The average Bonchev–Trinajstić information content (AvgIpc) is 3.52. The minimum Gasteiger partial charge on any atom is -0.491 e. The lowest BCUT2D eigenvalue weighted by Crippen LogP contribution is -2.48. The quantitative estimate of drug-likeness (QED) is 0.539. The number of ether oxygens (including phenoxy) is 2. The Kier molecular flexibility index (Phi) is 8.07. The van der Waals surface area contributed by atoms with Gasteiger partial charge in [-0.3, -0.25) is 9.69 Å². The first kappa shape index (κ1) is 24.2. The molecular weight excluding hydrogens is 436 g/mol. The molecule has 6 nitrogen and oxygen atoms in total. The minimum absolute atomic E-state index is 0.0815. The van der Waals surface area contributed by atoms with Gasteiger partial charge in [-0.25, -0.2) is 0 Å². The van der Waals surface area contributed by atoms with Crippen LogP contribution in [0.2, 0.25) is 0 Å². The number of rotatable bonds is 11. The van der Waals surface area contributed by atoms with Gasteiger partial charge in [0, 0.05) is 24.0 Å². The smallest absolute Gasteiger partial charge is 0.237 e. The molecule has 2 heterocycles. The lowest BCUT2D eigenvalue weighted by Gasteiger charge is -2.37. The number of hydrogen-bond acceptors (Lipinski definition) is 6. The molecule has 1 fully saturated rings. The number of fused-ring (bicyclic) bond motifs is 1. The first-order chi connectivity index (χ1) is 15.9. The van der Waals surface area contributed by atoms with Crippen LogP contribution in [0.25, 0.3) is 0 Å². The maximum absolute atomic E-state index is 13.5. The molecule has 1 aliphatic heterocycles. The van der Waals surface area contributed by atoms with Crippen LogP contribution in [-0.4, -0.2) is 71.9 Å². The number of nitrogens with zero attached hydrogens (tertiary/aromatic N) is 2. The van der Waals surface area contributed by atoms with E-state index in [0.29, 0.717) is 38.9 Å². The number of thiophene rings is 1. The van der Waals surface area contributed by atoms with Crippen LogP contribution in [0.15, 0.2) is 35.7 Å². The van der Waals surface area contributed by atoms with Crippen molar-refractivity contribution in [2.45, 2.75) is 64.3 Å². The van der Waals surface area contributed by atoms with Crippen molar-refractivity contribution in [1.29, 1.82) is 0 Å². The van der Waals surface area contributed by atoms with Gasteiger partial charge in [0.1, 0.15) is 12.4 Å². The second-order valence-corrected chi connectivity index (χ2v) is 10.5. The zero-order valence-electron chi connectivity index (χ0n) is 19.9. The lowest BCUT2D eigenvalue weighted by atomic mass is 10.0. The summed E-state index contributed by atoms with van der Waals surface area (Å²) in [4.78, 5) is 19.0. The minimum atomic E-state index is -0.592. The topological polar surface area (TPSA) is 62.2 Å². The Labute approximate surface area is 201 Å². The molecule has 1 aliphatic carbocycles. The summed E-state index contributed by atoms with van der Waals surface area (Å²) in [6, 6.07) is 10.5. The van der Waals surface area contributed by atoms with Crippen LogP contribution in [0.1, 0.15) is 48.7 Å². The van der Waals surface area contributed by atoms with Crippen LogP contribution < -0.4 is 4.74 Å². The Hall–Kier alpha value is -1.93. The molecule has 0 saturated heterocycles. The van der Waals surface area contributed by atoms with Crippen LogP contribution in [0.5, 0.6) is 5.75 Å². The molecule has 33 heavy (non-hydrogen) atoms. The lowest BCUT2D eigenvalue weighted by molar-refractivity contribution is -0.136. The Morgan fingerprint density at radius 1 is 1.30 bits per heavy atom. The summed E-state index contributed by atoms with van der Waals surface area (Å²) in [5.41, 5.74) is 2.36. The molecule has 2 atom stereocenters. The highest BCUT2D eigenvalue weighted by Crippen LogP contribution is 2.35. The van der Waals surface area contributed by atoms with Crippen LogP contribution in [0.3, 0.4) is 0 Å². The molecule has 0 bridgehead atoms. The fraction of sp³-hybridized carbons (Fsp3) is 0.577. The van der Waals surface area contributed by atoms with Gasteiger partial charge in [-0.1, -0.05) is 12.1 Å². The third-order valence-corrected chi connectivity index (χ3v) is 7.28. The molecule has 2 unspecified atom stereocenters. The predicted molar refractivity (Wildman–Crippen MR) is 131 cm³/mol. The summed E-state index contributed by atoms with van der Waals surface area (Å²) in [5.74, 6) is 0.936. The number of aliphatic hydroxyl groups excluding tert-OH is 1. The van der Waals surface area contributed by atoms with Gasteiger partial charge < -0.3 is 19.5 Å². The molecule has 1 amide bonds. The van der Waals surface area contributed by atoms with E-state index in [4.69, 9.17) is 9.47 Å². The van der Waals surface area contributed by atoms with Gasteiger partial charge in [-0.05, 0) is 74.7 Å². The van der Waals surface area contributed by atoms with Gasteiger partial charge >= 0.3 is 0 Å². The molecule has 1 aromatic carbocycles. The van der Waals surface area contributed by atoms with Gasteiger partial charge in [0.2, 0.25) is 5.91 Å². The molecule has 4 rings (SSSR count). The summed E-state index contributed by atoms with van der Waals surface area (Å²) >= 11 is 1.76. The number of aryl methyl sites for hydroxylation is 1. The summed E-state index contributed by atoms with van der Waals surface area (Å²) < 4.78 is 11.7. The van der Waals surface area contributed by atoms with E-state index < -0.39 is 6.10 Å². The van der Waals surface area contributed by atoms with E-state index in [1.165, 1.54) is 10.4 Å². The van der Waals surface area contributed by atoms with Crippen molar-refractivity contribution in [3.8, 4) is 5.75 Å². The summed E-state index contributed by atoms with van der Waals surface area (Å²) in [5, 5.41) is 12.6. The second kappa shape index (κ2) is 11.0. The highest BCUT2D eigenvalue weighted by molar-refractivity contribution is 7.10. The molecule has 2 aliphatic rings. The standard InChI is InChI=1S/C26H36N2O4S/c1-18(2)31-16-21(29)14-27(20-7-8-20)15-26(30)28-11-9-25-23(10-12-33-25)24(28)17-32-22-6-4-5-19(3)13-22/h4-6,10,12-13,18,20-21,24,29H,7-9,11,14-17H2,1-3H3. The largest absolute Gasteiger partial charge is 0.491 e. The number of amides is 1. The Bertz CT molecular complexity index is 927. The Balaban J connectivity index is 1.42. The van der Waals surface area contributed by atoms with Crippen molar-refractivity contribution in [2.24, 2.45) is 0 Å². The molecule has 0 spiro atoms.